The fourth-order valence-electron chi connectivity index (χ4n) is 4.07. The number of ether oxygens (including phenoxy) is 1. The van der Waals surface area contributed by atoms with Gasteiger partial charge in [0.25, 0.3) is 5.91 Å². The minimum absolute atomic E-state index is 0.0621. The number of aromatic nitrogens is 1. The van der Waals surface area contributed by atoms with Crippen molar-refractivity contribution in [3.63, 3.8) is 0 Å². The van der Waals surface area contributed by atoms with Crippen LogP contribution in [0.2, 0.25) is 0 Å². The van der Waals surface area contributed by atoms with Crippen LogP contribution < -0.4 is 15.5 Å². The molecule has 1 N–H and O–H groups in total. The second-order valence-corrected chi connectivity index (χ2v) is 7.16. The van der Waals surface area contributed by atoms with Crippen LogP contribution >= 0.6 is 0 Å². The molecule has 144 valence electrons. The van der Waals surface area contributed by atoms with Gasteiger partial charge in [0.15, 0.2) is 0 Å². The van der Waals surface area contributed by atoms with E-state index < -0.39 is 0 Å². The van der Waals surface area contributed by atoms with Crippen LogP contribution in [-0.4, -0.2) is 17.6 Å². The average molecular weight is 376 g/mol. The van der Waals surface area contributed by atoms with Gasteiger partial charge in [-0.25, -0.2) is 0 Å². The SMILES string of the molecule is CCn1cc(C(=O)NC2CCCc3ccccc32)c(=O)c2cc(OC)ccc21. The van der Waals surface area contributed by atoms with E-state index in [1.54, 1.807) is 19.4 Å². The van der Waals surface area contributed by atoms with Gasteiger partial charge in [0.05, 0.1) is 24.1 Å². The Bertz CT molecular complexity index is 1100. The van der Waals surface area contributed by atoms with Crippen molar-refractivity contribution < 1.29 is 9.53 Å². The second kappa shape index (κ2) is 7.50. The monoisotopic (exact) mass is 376 g/mol. The lowest BCUT2D eigenvalue weighted by atomic mass is 9.87. The molecule has 2 aromatic carbocycles. The standard InChI is InChI=1S/C23H24N2O3/c1-3-25-14-19(22(26)18-13-16(28-2)11-12-21(18)25)23(27)24-20-10-6-8-15-7-4-5-9-17(15)20/h4-5,7,9,11-14,20H,3,6,8,10H2,1-2H3,(H,24,27). The first-order valence-corrected chi connectivity index (χ1v) is 9.72. The van der Waals surface area contributed by atoms with Crippen LogP contribution in [0.3, 0.4) is 0 Å². The van der Waals surface area contributed by atoms with Crippen LogP contribution in [0.5, 0.6) is 5.75 Å². The average Bonchev–Trinajstić information content (AvgIpc) is 2.74. The maximum Gasteiger partial charge on any atom is 0.257 e. The van der Waals surface area contributed by atoms with Gasteiger partial charge in [-0.2, -0.15) is 0 Å². The molecule has 5 nitrogen and oxygen atoms in total. The van der Waals surface area contributed by atoms with Crippen LogP contribution in [0, 0.1) is 0 Å². The van der Waals surface area contributed by atoms with E-state index in [1.807, 2.05) is 35.8 Å². The Labute approximate surface area is 163 Å². The predicted octanol–water partition coefficient (Wildman–Crippen LogP) is 3.84. The molecular formula is C23H24N2O3. The highest BCUT2D eigenvalue weighted by Gasteiger charge is 2.24. The number of hydrogen-bond donors (Lipinski definition) is 1. The molecule has 0 radical (unpaired) electrons. The number of nitrogens with zero attached hydrogens (tertiary/aromatic N) is 1. The van der Waals surface area contributed by atoms with Gasteiger partial charge in [-0.3, -0.25) is 9.59 Å². The van der Waals surface area contributed by atoms with E-state index in [9.17, 15) is 9.59 Å². The summed E-state index contributed by atoms with van der Waals surface area (Å²) in [5.74, 6) is 0.282. The fraction of sp³-hybridized carbons (Fsp3) is 0.304. The summed E-state index contributed by atoms with van der Waals surface area (Å²) in [6, 6.07) is 13.5. The summed E-state index contributed by atoms with van der Waals surface area (Å²) >= 11 is 0. The number of benzene rings is 2. The molecule has 0 bridgehead atoms. The molecule has 0 aliphatic heterocycles. The summed E-state index contributed by atoms with van der Waals surface area (Å²) in [7, 11) is 1.57. The molecule has 1 aliphatic rings. The Morgan fingerprint density at radius 2 is 2.07 bits per heavy atom. The van der Waals surface area contributed by atoms with Crippen LogP contribution in [0.15, 0.2) is 53.5 Å². The van der Waals surface area contributed by atoms with E-state index in [2.05, 4.69) is 17.4 Å². The molecule has 0 saturated heterocycles. The number of nitrogens with one attached hydrogen (secondary N) is 1. The third kappa shape index (κ3) is 3.17. The Balaban J connectivity index is 1.74. The van der Waals surface area contributed by atoms with Crippen molar-refractivity contribution in [3.8, 4) is 5.75 Å². The summed E-state index contributed by atoms with van der Waals surface area (Å²) in [5, 5.41) is 3.59. The van der Waals surface area contributed by atoms with E-state index in [0.717, 1.165) is 30.3 Å². The number of pyridine rings is 1. The van der Waals surface area contributed by atoms with Gasteiger partial charge in [0.2, 0.25) is 5.43 Å². The molecule has 3 aromatic rings. The van der Waals surface area contributed by atoms with Crippen LogP contribution in [0.1, 0.15) is 47.3 Å². The number of fused-ring (bicyclic) bond motifs is 2. The van der Waals surface area contributed by atoms with Gasteiger partial charge in [-0.05, 0) is 55.5 Å². The first-order valence-electron chi connectivity index (χ1n) is 9.72. The van der Waals surface area contributed by atoms with Gasteiger partial charge >= 0.3 is 0 Å². The van der Waals surface area contributed by atoms with Crippen molar-refractivity contribution in [2.24, 2.45) is 0 Å². The maximum absolute atomic E-state index is 13.1. The van der Waals surface area contributed by atoms with Crippen molar-refractivity contribution in [3.05, 3.63) is 75.6 Å². The zero-order valence-corrected chi connectivity index (χ0v) is 16.2. The minimum atomic E-state index is -0.321. The number of hydrogen-bond acceptors (Lipinski definition) is 3. The summed E-state index contributed by atoms with van der Waals surface area (Å²) < 4.78 is 7.19. The van der Waals surface area contributed by atoms with Crippen LogP contribution in [0.25, 0.3) is 10.9 Å². The lowest BCUT2D eigenvalue weighted by Crippen LogP contribution is -2.34. The summed E-state index contributed by atoms with van der Waals surface area (Å²) in [4.78, 5) is 26.1. The van der Waals surface area contributed by atoms with Gasteiger partial charge in [0.1, 0.15) is 11.3 Å². The van der Waals surface area contributed by atoms with E-state index in [1.165, 1.54) is 5.56 Å². The maximum atomic E-state index is 13.1. The Kier molecular flexibility index (Phi) is 4.90. The third-order valence-corrected chi connectivity index (χ3v) is 5.55. The Hall–Kier alpha value is -3.08. The first-order chi connectivity index (χ1) is 13.6. The largest absolute Gasteiger partial charge is 0.497 e. The van der Waals surface area contributed by atoms with E-state index in [-0.39, 0.29) is 22.9 Å². The number of methoxy groups -OCH3 is 1. The molecule has 4 rings (SSSR count). The highest BCUT2D eigenvalue weighted by Crippen LogP contribution is 2.29. The number of amides is 1. The van der Waals surface area contributed by atoms with E-state index in [0.29, 0.717) is 17.7 Å². The third-order valence-electron chi connectivity index (χ3n) is 5.55. The van der Waals surface area contributed by atoms with Crippen molar-refractivity contribution in [2.45, 2.75) is 38.8 Å². The molecule has 0 spiro atoms. The van der Waals surface area contributed by atoms with Gasteiger partial charge in [-0.1, -0.05) is 24.3 Å². The number of aryl methyl sites for hydroxylation is 2. The molecule has 1 aromatic heterocycles. The van der Waals surface area contributed by atoms with Crippen molar-refractivity contribution >= 4 is 16.8 Å². The molecule has 0 fully saturated rings. The zero-order valence-electron chi connectivity index (χ0n) is 16.2. The molecule has 0 saturated carbocycles. The predicted molar refractivity (Wildman–Crippen MR) is 110 cm³/mol. The van der Waals surface area contributed by atoms with Gasteiger partial charge in [-0.15, -0.1) is 0 Å². The minimum Gasteiger partial charge on any atom is -0.497 e. The second-order valence-electron chi connectivity index (χ2n) is 7.16. The zero-order chi connectivity index (χ0) is 19.7. The van der Waals surface area contributed by atoms with Crippen molar-refractivity contribution in [1.29, 1.82) is 0 Å². The molecule has 5 heteroatoms. The summed E-state index contributed by atoms with van der Waals surface area (Å²) in [5.41, 5.74) is 3.13. The molecular weight excluding hydrogens is 352 g/mol. The Morgan fingerprint density at radius 1 is 1.25 bits per heavy atom. The van der Waals surface area contributed by atoms with Gasteiger partial charge in [0, 0.05) is 12.7 Å². The lowest BCUT2D eigenvalue weighted by molar-refractivity contribution is 0.0931. The smallest absolute Gasteiger partial charge is 0.257 e. The normalized spacial score (nSPS) is 15.9. The Morgan fingerprint density at radius 3 is 2.86 bits per heavy atom. The topological polar surface area (TPSA) is 60.3 Å². The molecule has 1 amide bonds. The molecule has 1 atom stereocenters. The molecule has 28 heavy (non-hydrogen) atoms. The lowest BCUT2D eigenvalue weighted by Gasteiger charge is -2.26. The quantitative estimate of drug-likeness (QED) is 0.753. The first kappa shape index (κ1) is 18.3. The fourth-order valence-corrected chi connectivity index (χ4v) is 4.07. The molecule has 1 unspecified atom stereocenters. The number of carbonyl (C=O) groups excluding carboxylic acids is 1. The van der Waals surface area contributed by atoms with E-state index >= 15 is 0 Å². The molecule has 1 heterocycles. The van der Waals surface area contributed by atoms with Crippen LogP contribution in [-0.2, 0) is 13.0 Å². The van der Waals surface area contributed by atoms with Crippen molar-refractivity contribution in [1.82, 2.24) is 9.88 Å². The van der Waals surface area contributed by atoms with Crippen molar-refractivity contribution in [2.75, 3.05) is 7.11 Å². The highest BCUT2D eigenvalue weighted by molar-refractivity contribution is 5.97. The number of carbonyl (C=O) groups is 1. The highest BCUT2D eigenvalue weighted by atomic mass is 16.5. The van der Waals surface area contributed by atoms with Gasteiger partial charge < -0.3 is 14.6 Å². The molecule has 1 aliphatic carbocycles. The van der Waals surface area contributed by atoms with Crippen LogP contribution in [0.4, 0.5) is 0 Å². The van der Waals surface area contributed by atoms with E-state index in [4.69, 9.17) is 4.74 Å². The number of rotatable bonds is 4. The summed E-state index contributed by atoms with van der Waals surface area (Å²) in [6.45, 7) is 2.66. The summed E-state index contributed by atoms with van der Waals surface area (Å²) in [6.07, 6.45) is 4.60.